The third-order valence-corrected chi connectivity index (χ3v) is 6.54. The summed E-state index contributed by atoms with van der Waals surface area (Å²) in [5.74, 6) is 3.29. The lowest BCUT2D eigenvalue weighted by atomic mass is 9.84. The molecule has 0 saturated heterocycles. The van der Waals surface area contributed by atoms with Crippen molar-refractivity contribution in [2.45, 2.75) is 82.9 Å². The van der Waals surface area contributed by atoms with Gasteiger partial charge in [0.2, 0.25) is 0 Å². The highest BCUT2D eigenvalue weighted by Crippen LogP contribution is 2.34. The normalized spacial score (nSPS) is 31.3. The molecule has 0 aromatic heterocycles. The first-order valence-electron chi connectivity index (χ1n) is 8.64. The second-order valence-electron chi connectivity index (χ2n) is 6.79. The third-order valence-electron chi connectivity index (χ3n) is 5.08. The maximum Gasteiger partial charge on any atom is 0.0186 e. The van der Waals surface area contributed by atoms with Gasteiger partial charge in [-0.3, -0.25) is 0 Å². The fourth-order valence-electron chi connectivity index (χ4n) is 3.93. The fourth-order valence-corrected chi connectivity index (χ4v) is 5.60. The Morgan fingerprint density at radius 1 is 1.05 bits per heavy atom. The number of hydrogen-bond acceptors (Lipinski definition) is 2. The third kappa shape index (κ3) is 5.30. The van der Waals surface area contributed by atoms with E-state index in [1.807, 2.05) is 0 Å². The van der Waals surface area contributed by atoms with Crippen molar-refractivity contribution in [3.05, 3.63) is 0 Å². The zero-order chi connectivity index (χ0) is 13.5. The average molecular weight is 284 g/mol. The van der Waals surface area contributed by atoms with Crippen molar-refractivity contribution in [2.24, 2.45) is 11.8 Å². The number of hydrogen-bond donors (Lipinski definition) is 1. The second kappa shape index (κ2) is 8.56. The van der Waals surface area contributed by atoms with Crippen LogP contribution in [0.5, 0.6) is 0 Å². The van der Waals surface area contributed by atoms with Crippen molar-refractivity contribution in [1.29, 1.82) is 0 Å². The summed E-state index contributed by atoms with van der Waals surface area (Å²) in [4.78, 5) is 0. The van der Waals surface area contributed by atoms with Gasteiger partial charge in [0.15, 0.2) is 0 Å². The first kappa shape index (κ1) is 15.7. The van der Waals surface area contributed by atoms with E-state index in [0.29, 0.717) is 0 Å². The Morgan fingerprint density at radius 2 is 1.84 bits per heavy atom. The first-order chi connectivity index (χ1) is 9.29. The van der Waals surface area contributed by atoms with E-state index in [-0.39, 0.29) is 0 Å². The van der Waals surface area contributed by atoms with E-state index < -0.39 is 0 Å². The van der Waals surface area contributed by atoms with Crippen molar-refractivity contribution in [3.63, 3.8) is 0 Å². The Hall–Kier alpha value is 0.310. The highest BCUT2D eigenvalue weighted by atomic mass is 32.2. The lowest BCUT2D eigenvalue weighted by Gasteiger charge is -2.33. The summed E-state index contributed by atoms with van der Waals surface area (Å²) in [7, 11) is 0. The van der Waals surface area contributed by atoms with E-state index in [9.17, 15) is 0 Å². The summed E-state index contributed by atoms with van der Waals surface area (Å²) in [6.07, 6.45) is 13.2. The highest BCUT2D eigenvalue weighted by molar-refractivity contribution is 7.99. The molecule has 3 unspecified atom stereocenters. The summed E-state index contributed by atoms with van der Waals surface area (Å²) < 4.78 is 0. The predicted molar refractivity (Wildman–Crippen MR) is 87.9 cm³/mol. The van der Waals surface area contributed by atoms with Crippen molar-refractivity contribution in [3.8, 4) is 0 Å². The molecular formula is C17H33NS. The Kier molecular flexibility index (Phi) is 7.07. The largest absolute Gasteiger partial charge is 0.313 e. The van der Waals surface area contributed by atoms with Gasteiger partial charge in [0.05, 0.1) is 0 Å². The quantitative estimate of drug-likeness (QED) is 0.747. The SMILES string of the molecule is CCNC(CSC1CCCC(C)C1)C1CCCCC1. The highest BCUT2D eigenvalue weighted by Gasteiger charge is 2.25. The minimum absolute atomic E-state index is 0.785. The van der Waals surface area contributed by atoms with Crippen LogP contribution in [0.3, 0.4) is 0 Å². The molecule has 0 bridgehead atoms. The molecule has 0 heterocycles. The van der Waals surface area contributed by atoms with Gasteiger partial charge in [0, 0.05) is 17.0 Å². The number of thioether (sulfide) groups is 1. The molecule has 0 aliphatic heterocycles. The van der Waals surface area contributed by atoms with Crippen LogP contribution in [0.25, 0.3) is 0 Å². The molecule has 0 amide bonds. The van der Waals surface area contributed by atoms with E-state index in [4.69, 9.17) is 0 Å². The fraction of sp³-hybridized carbons (Fsp3) is 1.00. The molecule has 0 radical (unpaired) electrons. The van der Waals surface area contributed by atoms with E-state index in [1.165, 1.54) is 63.5 Å². The van der Waals surface area contributed by atoms with Gasteiger partial charge in [-0.2, -0.15) is 11.8 Å². The molecule has 2 aliphatic carbocycles. The van der Waals surface area contributed by atoms with Gasteiger partial charge in [-0.05, 0) is 44.1 Å². The molecular weight excluding hydrogens is 250 g/mol. The number of rotatable bonds is 6. The molecule has 1 N–H and O–H groups in total. The summed E-state index contributed by atoms with van der Waals surface area (Å²) in [6, 6.07) is 0.785. The minimum Gasteiger partial charge on any atom is -0.313 e. The summed E-state index contributed by atoms with van der Waals surface area (Å²) >= 11 is 2.28. The summed E-state index contributed by atoms with van der Waals surface area (Å²) in [6.45, 7) is 5.85. The standard InChI is InChI=1S/C17H33NS/c1-3-18-17(15-9-5-4-6-10-15)13-19-16-11-7-8-14(2)12-16/h14-18H,3-13H2,1-2H3. The molecule has 2 heteroatoms. The smallest absolute Gasteiger partial charge is 0.0186 e. The van der Waals surface area contributed by atoms with Crippen molar-refractivity contribution in [1.82, 2.24) is 5.32 Å². The van der Waals surface area contributed by atoms with Crippen LogP contribution in [0.1, 0.15) is 71.6 Å². The molecule has 2 fully saturated rings. The monoisotopic (exact) mass is 283 g/mol. The Bertz CT molecular complexity index is 237. The Labute approximate surface area is 124 Å². The zero-order valence-corrected chi connectivity index (χ0v) is 13.8. The van der Waals surface area contributed by atoms with Crippen LogP contribution >= 0.6 is 11.8 Å². The molecule has 19 heavy (non-hydrogen) atoms. The zero-order valence-electron chi connectivity index (χ0n) is 13.0. The molecule has 0 aromatic rings. The van der Waals surface area contributed by atoms with Crippen LogP contribution in [0.4, 0.5) is 0 Å². The molecule has 0 aromatic carbocycles. The minimum atomic E-state index is 0.785. The van der Waals surface area contributed by atoms with Gasteiger partial charge in [0.1, 0.15) is 0 Å². The lowest BCUT2D eigenvalue weighted by Crippen LogP contribution is -2.39. The van der Waals surface area contributed by atoms with E-state index in [1.54, 1.807) is 0 Å². The van der Waals surface area contributed by atoms with Crippen LogP contribution in [-0.2, 0) is 0 Å². The maximum atomic E-state index is 3.78. The predicted octanol–water partition coefficient (Wildman–Crippen LogP) is 4.86. The van der Waals surface area contributed by atoms with Crippen LogP contribution in [0.2, 0.25) is 0 Å². The number of nitrogens with one attached hydrogen (secondary N) is 1. The van der Waals surface area contributed by atoms with Gasteiger partial charge >= 0.3 is 0 Å². The maximum absolute atomic E-state index is 3.78. The first-order valence-corrected chi connectivity index (χ1v) is 9.69. The molecule has 3 atom stereocenters. The molecule has 0 spiro atoms. The summed E-state index contributed by atoms with van der Waals surface area (Å²) in [5, 5.41) is 4.73. The van der Waals surface area contributed by atoms with E-state index >= 15 is 0 Å². The molecule has 1 nitrogen and oxygen atoms in total. The van der Waals surface area contributed by atoms with Gasteiger partial charge in [-0.25, -0.2) is 0 Å². The molecule has 112 valence electrons. The van der Waals surface area contributed by atoms with E-state index in [2.05, 4.69) is 30.9 Å². The van der Waals surface area contributed by atoms with Gasteiger partial charge in [-0.1, -0.05) is 46.0 Å². The van der Waals surface area contributed by atoms with Crippen molar-refractivity contribution in [2.75, 3.05) is 12.3 Å². The molecule has 2 rings (SSSR count). The van der Waals surface area contributed by atoms with Crippen LogP contribution in [0, 0.1) is 11.8 Å². The van der Waals surface area contributed by atoms with Crippen LogP contribution < -0.4 is 5.32 Å². The van der Waals surface area contributed by atoms with Crippen LogP contribution in [0.15, 0.2) is 0 Å². The van der Waals surface area contributed by atoms with E-state index in [0.717, 1.165) is 29.7 Å². The van der Waals surface area contributed by atoms with Gasteiger partial charge in [0.25, 0.3) is 0 Å². The van der Waals surface area contributed by atoms with Crippen LogP contribution in [-0.4, -0.2) is 23.6 Å². The average Bonchev–Trinajstić information content (AvgIpc) is 2.44. The lowest BCUT2D eigenvalue weighted by molar-refractivity contribution is 0.287. The Morgan fingerprint density at radius 3 is 2.53 bits per heavy atom. The van der Waals surface area contributed by atoms with Crippen molar-refractivity contribution >= 4 is 11.8 Å². The molecule has 2 saturated carbocycles. The second-order valence-corrected chi connectivity index (χ2v) is 8.12. The topological polar surface area (TPSA) is 12.0 Å². The summed E-state index contributed by atoms with van der Waals surface area (Å²) in [5.41, 5.74) is 0. The molecule has 2 aliphatic rings. The van der Waals surface area contributed by atoms with Gasteiger partial charge < -0.3 is 5.32 Å². The van der Waals surface area contributed by atoms with Crippen molar-refractivity contribution < 1.29 is 0 Å². The van der Waals surface area contributed by atoms with Gasteiger partial charge in [-0.15, -0.1) is 0 Å². The Balaban J connectivity index is 1.75.